The lowest BCUT2D eigenvalue weighted by atomic mass is 10.2. The van der Waals surface area contributed by atoms with Crippen LogP contribution in [0.2, 0.25) is 0 Å². The topological polar surface area (TPSA) is 54.9 Å². The lowest BCUT2D eigenvalue weighted by molar-refractivity contribution is 0.311. The fraction of sp³-hybridized carbons (Fsp3) is 0.316. The van der Waals surface area contributed by atoms with Gasteiger partial charge in [0.25, 0.3) is 0 Å². The fourth-order valence-electron chi connectivity index (χ4n) is 2.22. The number of nitrogens with one attached hydrogen (secondary N) is 2. The maximum Gasteiger partial charge on any atom is 0.196 e. The van der Waals surface area contributed by atoms with E-state index in [1.165, 1.54) is 5.56 Å². The molecule has 2 aromatic carbocycles. The van der Waals surface area contributed by atoms with Crippen LogP contribution in [-0.2, 0) is 6.54 Å². The molecule has 0 aliphatic carbocycles. The standard InChI is InChI=1S/C19H25N3O2/c1-4-20-19(21-14-15-9-7-6-8-10-15)22-16-11-12-17(23-3)18(13-16)24-5-2/h6-13H,4-5,14H2,1-3H3,(H2,20,21,22). The summed E-state index contributed by atoms with van der Waals surface area (Å²) in [5.41, 5.74) is 2.06. The van der Waals surface area contributed by atoms with Gasteiger partial charge in [0.05, 0.1) is 20.3 Å². The molecule has 5 heteroatoms. The number of anilines is 1. The van der Waals surface area contributed by atoms with E-state index in [0.717, 1.165) is 18.2 Å². The van der Waals surface area contributed by atoms with E-state index in [9.17, 15) is 0 Å². The van der Waals surface area contributed by atoms with Crippen molar-refractivity contribution < 1.29 is 9.47 Å². The molecule has 128 valence electrons. The van der Waals surface area contributed by atoms with Gasteiger partial charge in [-0.15, -0.1) is 0 Å². The Kier molecular flexibility index (Phi) is 6.95. The Balaban J connectivity index is 2.13. The Morgan fingerprint density at radius 1 is 1.04 bits per heavy atom. The van der Waals surface area contributed by atoms with Gasteiger partial charge in [0.2, 0.25) is 0 Å². The minimum atomic E-state index is 0.585. The fourth-order valence-corrected chi connectivity index (χ4v) is 2.22. The van der Waals surface area contributed by atoms with Gasteiger partial charge in [-0.25, -0.2) is 4.99 Å². The van der Waals surface area contributed by atoms with Crippen molar-refractivity contribution in [2.24, 2.45) is 4.99 Å². The monoisotopic (exact) mass is 327 g/mol. The molecule has 0 radical (unpaired) electrons. The van der Waals surface area contributed by atoms with Gasteiger partial charge in [0.15, 0.2) is 17.5 Å². The highest BCUT2D eigenvalue weighted by molar-refractivity contribution is 5.93. The van der Waals surface area contributed by atoms with Crippen molar-refractivity contribution >= 4 is 11.6 Å². The highest BCUT2D eigenvalue weighted by Gasteiger charge is 2.07. The zero-order valence-corrected chi connectivity index (χ0v) is 14.5. The molecule has 24 heavy (non-hydrogen) atoms. The number of ether oxygens (including phenoxy) is 2. The summed E-state index contributed by atoms with van der Waals surface area (Å²) in [4.78, 5) is 4.62. The summed E-state index contributed by atoms with van der Waals surface area (Å²) >= 11 is 0. The van der Waals surface area contributed by atoms with Crippen LogP contribution in [0.15, 0.2) is 53.5 Å². The minimum absolute atomic E-state index is 0.585. The Labute approximate surface area is 143 Å². The number of benzene rings is 2. The summed E-state index contributed by atoms with van der Waals surface area (Å²) in [6, 6.07) is 15.9. The molecule has 2 rings (SSSR count). The number of guanidine groups is 1. The normalized spacial score (nSPS) is 11.0. The van der Waals surface area contributed by atoms with Crippen molar-refractivity contribution in [3.8, 4) is 11.5 Å². The molecule has 0 bridgehead atoms. The molecule has 0 saturated heterocycles. The predicted molar refractivity (Wildman–Crippen MR) is 99.0 cm³/mol. The van der Waals surface area contributed by atoms with Gasteiger partial charge in [-0.2, -0.15) is 0 Å². The molecule has 0 heterocycles. The van der Waals surface area contributed by atoms with Crippen LogP contribution in [0.1, 0.15) is 19.4 Å². The third-order valence-corrected chi connectivity index (χ3v) is 3.33. The Bertz CT molecular complexity index is 657. The van der Waals surface area contributed by atoms with Crippen LogP contribution in [0.5, 0.6) is 11.5 Å². The van der Waals surface area contributed by atoms with E-state index in [1.807, 2.05) is 50.2 Å². The third kappa shape index (κ3) is 5.19. The van der Waals surface area contributed by atoms with Crippen molar-refractivity contribution in [2.45, 2.75) is 20.4 Å². The SMILES string of the molecule is CCNC(=NCc1ccccc1)Nc1ccc(OC)c(OCC)c1. The van der Waals surface area contributed by atoms with Crippen molar-refractivity contribution in [1.29, 1.82) is 0 Å². The maximum absolute atomic E-state index is 5.61. The summed E-state index contributed by atoms with van der Waals surface area (Å²) < 4.78 is 10.9. The van der Waals surface area contributed by atoms with Crippen LogP contribution in [0.4, 0.5) is 5.69 Å². The Morgan fingerprint density at radius 2 is 1.83 bits per heavy atom. The van der Waals surface area contributed by atoms with Crippen LogP contribution in [0.25, 0.3) is 0 Å². The third-order valence-electron chi connectivity index (χ3n) is 3.33. The van der Waals surface area contributed by atoms with Gasteiger partial charge < -0.3 is 20.1 Å². The Morgan fingerprint density at radius 3 is 2.50 bits per heavy atom. The van der Waals surface area contributed by atoms with E-state index in [1.54, 1.807) is 7.11 Å². The lowest BCUT2D eigenvalue weighted by Gasteiger charge is -2.14. The summed E-state index contributed by atoms with van der Waals surface area (Å²) in [6.07, 6.45) is 0. The minimum Gasteiger partial charge on any atom is -0.493 e. The first-order chi connectivity index (χ1) is 11.8. The van der Waals surface area contributed by atoms with Crippen molar-refractivity contribution in [1.82, 2.24) is 5.32 Å². The summed E-state index contributed by atoms with van der Waals surface area (Å²) in [7, 11) is 1.64. The number of rotatable bonds is 7. The molecule has 0 fully saturated rings. The van der Waals surface area contributed by atoms with Crippen LogP contribution in [0.3, 0.4) is 0 Å². The number of hydrogen-bond donors (Lipinski definition) is 2. The molecule has 0 spiro atoms. The maximum atomic E-state index is 5.61. The second kappa shape index (κ2) is 9.45. The second-order valence-electron chi connectivity index (χ2n) is 5.10. The van der Waals surface area contributed by atoms with Gasteiger partial charge in [-0.1, -0.05) is 30.3 Å². The molecule has 0 amide bonds. The van der Waals surface area contributed by atoms with E-state index in [2.05, 4.69) is 27.8 Å². The van der Waals surface area contributed by atoms with E-state index >= 15 is 0 Å². The Hall–Kier alpha value is -2.69. The molecule has 0 atom stereocenters. The summed E-state index contributed by atoms with van der Waals surface area (Å²) in [5, 5.41) is 6.55. The quantitative estimate of drug-likeness (QED) is 0.602. The zero-order chi connectivity index (χ0) is 17.2. The van der Waals surface area contributed by atoms with Gasteiger partial charge in [0.1, 0.15) is 0 Å². The number of methoxy groups -OCH3 is 1. The van der Waals surface area contributed by atoms with E-state index < -0.39 is 0 Å². The molecule has 0 unspecified atom stereocenters. The summed E-state index contributed by atoms with van der Waals surface area (Å²) in [6.45, 7) is 5.98. The van der Waals surface area contributed by atoms with Gasteiger partial charge >= 0.3 is 0 Å². The largest absolute Gasteiger partial charge is 0.493 e. The number of hydrogen-bond acceptors (Lipinski definition) is 3. The van der Waals surface area contributed by atoms with Crippen molar-refractivity contribution in [3.63, 3.8) is 0 Å². The molecule has 0 aromatic heterocycles. The van der Waals surface area contributed by atoms with Gasteiger partial charge in [-0.05, 0) is 31.5 Å². The van der Waals surface area contributed by atoms with Crippen molar-refractivity contribution in [3.05, 3.63) is 54.1 Å². The van der Waals surface area contributed by atoms with Gasteiger partial charge in [0, 0.05) is 18.3 Å². The molecule has 0 aliphatic rings. The summed E-state index contributed by atoms with van der Waals surface area (Å²) in [5.74, 6) is 2.16. The number of aliphatic imine (C=N–C) groups is 1. The first kappa shape index (κ1) is 17.7. The van der Waals surface area contributed by atoms with Crippen molar-refractivity contribution in [2.75, 3.05) is 25.6 Å². The molecular weight excluding hydrogens is 302 g/mol. The molecule has 0 saturated carbocycles. The van der Waals surface area contributed by atoms with E-state index in [0.29, 0.717) is 24.7 Å². The van der Waals surface area contributed by atoms with Gasteiger partial charge in [-0.3, -0.25) is 0 Å². The van der Waals surface area contributed by atoms with Crippen LogP contribution >= 0.6 is 0 Å². The first-order valence-corrected chi connectivity index (χ1v) is 8.17. The highest BCUT2D eigenvalue weighted by atomic mass is 16.5. The van der Waals surface area contributed by atoms with Crippen LogP contribution < -0.4 is 20.1 Å². The number of nitrogens with zero attached hydrogens (tertiary/aromatic N) is 1. The predicted octanol–water partition coefficient (Wildman–Crippen LogP) is 3.67. The van der Waals surface area contributed by atoms with Crippen LogP contribution in [-0.4, -0.2) is 26.2 Å². The average Bonchev–Trinajstić information content (AvgIpc) is 2.61. The molecule has 5 nitrogen and oxygen atoms in total. The van der Waals surface area contributed by atoms with Crippen LogP contribution in [0, 0.1) is 0 Å². The lowest BCUT2D eigenvalue weighted by Crippen LogP contribution is -2.30. The average molecular weight is 327 g/mol. The van der Waals surface area contributed by atoms with E-state index in [4.69, 9.17) is 9.47 Å². The smallest absolute Gasteiger partial charge is 0.196 e. The second-order valence-corrected chi connectivity index (χ2v) is 5.10. The zero-order valence-electron chi connectivity index (χ0n) is 14.5. The molecular formula is C19H25N3O2. The molecule has 0 aliphatic heterocycles. The molecule has 2 N–H and O–H groups in total. The first-order valence-electron chi connectivity index (χ1n) is 8.17. The highest BCUT2D eigenvalue weighted by Crippen LogP contribution is 2.30. The molecule has 2 aromatic rings. The van der Waals surface area contributed by atoms with E-state index in [-0.39, 0.29) is 0 Å².